The van der Waals surface area contributed by atoms with E-state index < -0.39 is 0 Å². The minimum atomic E-state index is -0.230. The number of carbonyl (C=O) groups excluding carboxylic acids is 2. The van der Waals surface area contributed by atoms with Crippen LogP contribution in [0.2, 0.25) is 0 Å². The first-order valence-corrected chi connectivity index (χ1v) is 8.23. The minimum absolute atomic E-state index is 0.0786. The molecule has 1 unspecified atom stereocenters. The zero-order chi connectivity index (χ0) is 18.2. The molecule has 1 amide bonds. The van der Waals surface area contributed by atoms with Crippen molar-refractivity contribution in [3.05, 3.63) is 59.7 Å². The molecule has 0 spiro atoms. The zero-order valence-corrected chi connectivity index (χ0v) is 14.7. The lowest BCUT2D eigenvalue weighted by Gasteiger charge is -2.17. The van der Waals surface area contributed by atoms with Crippen LogP contribution in [0.15, 0.2) is 48.5 Å². The van der Waals surface area contributed by atoms with Crippen molar-refractivity contribution in [1.82, 2.24) is 5.32 Å². The fourth-order valence-corrected chi connectivity index (χ4v) is 2.48. The number of hydrogen-bond acceptors (Lipinski definition) is 4. The lowest BCUT2D eigenvalue weighted by atomic mass is 10.1. The molecule has 25 heavy (non-hydrogen) atoms. The van der Waals surface area contributed by atoms with Gasteiger partial charge in [0.1, 0.15) is 11.5 Å². The van der Waals surface area contributed by atoms with Gasteiger partial charge in [-0.05, 0) is 37.3 Å². The third-order valence-corrected chi connectivity index (χ3v) is 3.85. The van der Waals surface area contributed by atoms with E-state index in [9.17, 15) is 9.59 Å². The van der Waals surface area contributed by atoms with Crippen molar-refractivity contribution < 1.29 is 19.1 Å². The van der Waals surface area contributed by atoms with E-state index in [4.69, 9.17) is 9.47 Å². The van der Waals surface area contributed by atoms with E-state index >= 15 is 0 Å². The molecule has 2 rings (SSSR count). The summed E-state index contributed by atoms with van der Waals surface area (Å²) in [5.74, 6) is 1.13. The maximum Gasteiger partial charge on any atom is 0.258 e. The average Bonchev–Trinajstić information content (AvgIpc) is 2.66. The Bertz CT molecular complexity index is 725. The highest BCUT2D eigenvalue weighted by atomic mass is 16.5. The fourth-order valence-electron chi connectivity index (χ4n) is 2.48. The predicted molar refractivity (Wildman–Crippen MR) is 96.1 cm³/mol. The second-order valence-corrected chi connectivity index (χ2v) is 5.62. The smallest absolute Gasteiger partial charge is 0.258 e. The van der Waals surface area contributed by atoms with Crippen LogP contribution < -0.4 is 14.8 Å². The SMILES string of the molecule is CCC(=O)c1ccc(OCC(=O)NC(C)c2ccccc2OC)cc1. The van der Waals surface area contributed by atoms with Gasteiger partial charge in [0.05, 0.1) is 13.2 Å². The van der Waals surface area contributed by atoms with E-state index in [-0.39, 0.29) is 24.3 Å². The molecular weight excluding hydrogens is 318 g/mol. The van der Waals surface area contributed by atoms with Crippen LogP contribution in [0, 0.1) is 0 Å². The second kappa shape index (κ2) is 8.87. The van der Waals surface area contributed by atoms with Crippen molar-refractivity contribution in [2.75, 3.05) is 13.7 Å². The molecule has 0 heterocycles. The summed E-state index contributed by atoms with van der Waals surface area (Å²) in [6.07, 6.45) is 0.462. The van der Waals surface area contributed by atoms with Crippen molar-refractivity contribution in [3.8, 4) is 11.5 Å². The summed E-state index contributed by atoms with van der Waals surface area (Å²) >= 11 is 0. The first-order valence-electron chi connectivity index (χ1n) is 8.23. The number of Topliss-reactive ketones (excluding diaryl/α,β-unsaturated/α-hetero) is 1. The van der Waals surface area contributed by atoms with Crippen LogP contribution in [0.1, 0.15) is 42.2 Å². The van der Waals surface area contributed by atoms with E-state index in [1.165, 1.54) is 0 Å². The number of amides is 1. The Morgan fingerprint density at radius 3 is 2.40 bits per heavy atom. The highest BCUT2D eigenvalue weighted by Crippen LogP contribution is 2.24. The highest BCUT2D eigenvalue weighted by Gasteiger charge is 2.14. The largest absolute Gasteiger partial charge is 0.496 e. The zero-order valence-electron chi connectivity index (χ0n) is 14.7. The van der Waals surface area contributed by atoms with Crippen LogP contribution in [0.3, 0.4) is 0 Å². The molecule has 0 aliphatic heterocycles. The van der Waals surface area contributed by atoms with Crippen molar-refractivity contribution in [3.63, 3.8) is 0 Å². The summed E-state index contributed by atoms with van der Waals surface area (Å²) in [6.45, 7) is 3.61. The maximum atomic E-state index is 12.1. The maximum absolute atomic E-state index is 12.1. The van der Waals surface area contributed by atoms with Gasteiger partial charge in [-0.25, -0.2) is 0 Å². The number of benzene rings is 2. The van der Waals surface area contributed by atoms with Crippen molar-refractivity contribution in [2.45, 2.75) is 26.3 Å². The van der Waals surface area contributed by atoms with Gasteiger partial charge in [0, 0.05) is 17.5 Å². The Labute approximate surface area is 148 Å². The van der Waals surface area contributed by atoms with Gasteiger partial charge >= 0.3 is 0 Å². The van der Waals surface area contributed by atoms with Gasteiger partial charge in [0.15, 0.2) is 12.4 Å². The molecule has 5 nitrogen and oxygen atoms in total. The molecule has 0 radical (unpaired) electrons. The van der Waals surface area contributed by atoms with Crippen molar-refractivity contribution >= 4 is 11.7 Å². The molecule has 5 heteroatoms. The molecule has 0 aromatic heterocycles. The van der Waals surface area contributed by atoms with Gasteiger partial charge in [-0.15, -0.1) is 0 Å². The topological polar surface area (TPSA) is 64.6 Å². The number of methoxy groups -OCH3 is 1. The first-order chi connectivity index (χ1) is 12.0. The molecule has 0 aliphatic rings. The Hall–Kier alpha value is -2.82. The summed E-state index contributed by atoms with van der Waals surface area (Å²) in [4.78, 5) is 23.7. The van der Waals surface area contributed by atoms with Crippen LogP contribution in [-0.4, -0.2) is 25.4 Å². The van der Waals surface area contributed by atoms with E-state index in [0.717, 1.165) is 11.3 Å². The standard InChI is InChI=1S/C20H23NO4/c1-4-18(22)15-9-11-16(12-10-15)25-13-20(23)21-14(2)17-7-5-6-8-19(17)24-3/h5-12,14H,4,13H2,1-3H3,(H,21,23). The number of rotatable bonds is 8. The van der Waals surface area contributed by atoms with Crippen LogP contribution >= 0.6 is 0 Å². The number of ether oxygens (including phenoxy) is 2. The third kappa shape index (κ3) is 5.08. The molecule has 0 saturated heterocycles. The van der Waals surface area contributed by atoms with Crippen LogP contribution in [0.4, 0.5) is 0 Å². The molecule has 132 valence electrons. The van der Waals surface area contributed by atoms with Crippen molar-refractivity contribution in [1.29, 1.82) is 0 Å². The normalized spacial score (nSPS) is 11.5. The summed E-state index contributed by atoms with van der Waals surface area (Å²) in [5, 5.41) is 2.88. The number of carbonyl (C=O) groups is 2. The van der Waals surface area contributed by atoms with E-state index in [1.807, 2.05) is 38.1 Å². The van der Waals surface area contributed by atoms with Gasteiger partial charge < -0.3 is 14.8 Å². The summed E-state index contributed by atoms with van der Waals surface area (Å²) in [7, 11) is 1.60. The van der Waals surface area contributed by atoms with Crippen LogP contribution in [0.25, 0.3) is 0 Å². The van der Waals surface area contributed by atoms with Gasteiger partial charge in [-0.3, -0.25) is 9.59 Å². The Balaban J connectivity index is 1.89. The van der Waals surface area contributed by atoms with Gasteiger partial charge in [0.2, 0.25) is 0 Å². The third-order valence-electron chi connectivity index (χ3n) is 3.85. The predicted octanol–water partition coefficient (Wildman–Crippen LogP) is 3.54. The van der Waals surface area contributed by atoms with Crippen LogP contribution in [-0.2, 0) is 4.79 Å². The van der Waals surface area contributed by atoms with E-state index in [1.54, 1.807) is 31.4 Å². The van der Waals surface area contributed by atoms with E-state index in [0.29, 0.717) is 17.7 Å². The van der Waals surface area contributed by atoms with Crippen molar-refractivity contribution in [2.24, 2.45) is 0 Å². The lowest BCUT2D eigenvalue weighted by molar-refractivity contribution is -0.123. The second-order valence-electron chi connectivity index (χ2n) is 5.62. The van der Waals surface area contributed by atoms with Crippen LogP contribution in [0.5, 0.6) is 11.5 Å². The summed E-state index contributed by atoms with van der Waals surface area (Å²) in [6, 6.07) is 14.1. The first kappa shape index (κ1) is 18.5. The molecule has 0 bridgehead atoms. The Morgan fingerprint density at radius 2 is 1.76 bits per heavy atom. The minimum Gasteiger partial charge on any atom is -0.496 e. The molecule has 0 saturated carbocycles. The molecule has 0 fully saturated rings. The summed E-state index contributed by atoms with van der Waals surface area (Å²) < 4.78 is 10.8. The fraction of sp³-hybridized carbons (Fsp3) is 0.300. The monoisotopic (exact) mass is 341 g/mol. The van der Waals surface area contributed by atoms with Gasteiger partial charge in [0.25, 0.3) is 5.91 Å². The molecule has 1 atom stereocenters. The summed E-state index contributed by atoms with van der Waals surface area (Å²) in [5.41, 5.74) is 1.55. The molecule has 2 aromatic carbocycles. The number of hydrogen-bond donors (Lipinski definition) is 1. The van der Waals surface area contributed by atoms with Gasteiger partial charge in [-0.1, -0.05) is 25.1 Å². The molecular formula is C20H23NO4. The average molecular weight is 341 g/mol. The lowest BCUT2D eigenvalue weighted by Crippen LogP contribution is -2.31. The highest BCUT2D eigenvalue weighted by molar-refractivity contribution is 5.95. The van der Waals surface area contributed by atoms with E-state index in [2.05, 4.69) is 5.32 Å². The number of para-hydroxylation sites is 1. The number of ketones is 1. The number of nitrogens with one attached hydrogen (secondary N) is 1. The van der Waals surface area contributed by atoms with Gasteiger partial charge in [-0.2, -0.15) is 0 Å². The molecule has 2 aromatic rings. The Morgan fingerprint density at radius 1 is 1.08 bits per heavy atom. The molecule has 0 aliphatic carbocycles. The quantitative estimate of drug-likeness (QED) is 0.746. The molecule has 1 N–H and O–H groups in total. The Kier molecular flexibility index (Phi) is 6.57.